The van der Waals surface area contributed by atoms with Crippen LogP contribution in [0.2, 0.25) is 0 Å². The first-order valence-electron chi connectivity index (χ1n) is 9.75. The Balaban J connectivity index is 1.79. The van der Waals surface area contributed by atoms with Crippen molar-refractivity contribution in [3.05, 3.63) is 69.2 Å². The number of amides is 1. The second kappa shape index (κ2) is 8.51. The molecule has 1 amide bonds. The summed E-state index contributed by atoms with van der Waals surface area (Å²) >= 11 is 3.48. The van der Waals surface area contributed by atoms with Gasteiger partial charge in [0, 0.05) is 23.0 Å². The molecule has 150 valence electrons. The Morgan fingerprint density at radius 1 is 1.21 bits per heavy atom. The molecule has 1 aliphatic heterocycles. The molecule has 1 saturated heterocycles. The van der Waals surface area contributed by atoms with Crippen LogP contribution in [0.4, 0.5) is 5.69 Å². The van der Waals surface area contributed by atoms with Crippen LogP contribution in [0.15, 0.2) is 56.3 Å². The van der Waals surface area contributed by atoms with Crippen LogP contribution in [-0.4, -0.2) is 25.2 Å². The summed E-state index contributed by atoms with van der Waals surface area (Å²) in [4.78, 5) is 17.7. The summed E-state index contributed by atoms with van der Waals surface area (Å²) < 4.78 is 12.6. The number of carbonyl (C=O) groups excluding carboxylic acids is 1. The summed E-state index contributed by atoms with van der Waals surface area (Å²) in [6, 6.07) is 13.6. The molecule has 0 radical (unpaired) electrons. The molecule has 0 bridgehead atoms. The van der Waals surface area contributed by atoms with Crippen molar-refractivity contribution < 1.29 is 13.9 Å². The number of hydrogen-bond acceptors (Lipinski definition) is 4. The van der Waals surface area contributed by atoms with Crippen molar-refractivity contribution in [2.75, 3.05) is 13.2 Å². The Hall–Kier alpha value is -2.44. The van der Waals surface area contributed by atoms with Gasteiger partial charge in [-0.1, -0.05) is 28.1 Å². The van der Waals surface area contributed by atoms with Gasteiger partial charge in [-0.15, -0.1) is 0 Å². The van der Waals surface area contributed by atoms with Gasteiger partial charge in [0.25, 0.3) is 5.91 Å². The maximum Gasteiger partial charge on any atom is 0.256 e. The van der Waals surface area contributed by atoms with E-state index in [1.165, 1.54) is 0 Å². The second-order valence-electron chi connectivity index (χ2n) is 7.39. The first kappa shape index (κ1) is 19.9. The van der Waals surface area contributed by atoms with Gasteiger partial charge in [0.2, 0.25) is 5.55 Å². The van der Waals surface area contributed by atoms with E-state index in [9.17, 15) is 4.79 Å². The maximum atomic E-state index is 13.0. The normalized spacial score (nSPS) is 17.1. The fraction of sp³-hybridized carbons (Fsp3) is 0.304. The van der Waals surface area contributed by atoms with Crippen molar-refractivity contribution >= 4 is 38.5 Å². The zero-order valence-electron chi connectivity index (χ0n) is 16.5. The number of benzene rings is 2. The van der Waals surface area contributed by atoms with Crippen LogP contribution in [-0.2, 0) is 4.74 Å². The lowest BCUT2D eigenvalue weighted by molar-refractivity contribution is 0.0854. The lowest BCUT2D eigenvalue weighted by Crippen LogP contribution is -2.34. The molecule has 1 atom stereocenters. The van der Waals surface area contributed by atoms with Gasteiger partial charge in [-0.3, -0.25) is 4.79 Å². The van der Waals surface area contributed by atoms with Crippen molar-refractivity contribution in [1.82, 2.24) is 5.32 Å². The smallest absolute Gasteiger partial charge is 0.256 e. The number of carbonyl (C=O) groups is 1. The van der Waals surface area contributed by atoms with Gasteiger partial charge in [-0.05, 0) is 68.1 Å². The third-order valence-electron chi connectivity index (χ3n) is 5.05. The van der Waals surface area contributed by atoms with E-state index in [0.29, 0.717) is 23.2 Å². The number of aryl methyl sites for hydroxylation is 2. The van der Waals surface area contributed by atoms with Gasteiger partial charge in [0.15, 0.2) is 0 Å². The van der Waals surface area contributed by atoms with E-state index in [1.54, 1.807) is 0 Å². The number of ether oxygens (including phenoxy) is 1. The maximum absolute atomic E-state index is 13.0. The number of fused-ring (bicyclic) bond motifs is 1. The van der Waals surface area contributed by atoms with Gasteiger partial charge in [-0.2, -0.15) is 0 Å². The number of nitrogens with zero attached hydrogens (tertiary/aromatic N) is 1. The molecule has 0 saturated carbocycles. The fourth-order valence-corrected chi connectivity index (χ4v) is 3.78. The van der Waals surface area contributed by atoms with Gasteiger partial charge in [0.05, 0.1) is 11.8 Å². The summed E-state index contributed by atoms with van der Waals surface area (Å²) in [6.45, 7) is 5.25. The average Bonchev–Trinajstić information content (AvgIpc) is 3.22. The van der Waals surface area contributed by atoms with Crippen molar-refractivity contribution in [3.8, 4) is 0 Å². The first-order chi connectivity index (χ1) is 14.0. The minimum atomic E-state index is -0.213. The number of halogens is 1. The predicted molar refractivity (Wildman–Crippen MR) is 116 cm³/mol. The van der Waals surface area contributed by atoms with Crippen LogP contribution in [0.5, 0.6) is 0 Å². The zero-order chi connectivity index (χ0) is 20.4. The summed E-state index contributed by atoms with van der Waals surface area (Å²) in [5, 5.41) is 3.81. The van der Waals surface area contributed by atoms with E-state index in [1.807, 2.05) is 56.3 Å². The van der Waals surface area contributed by atoms with Gasteiger partial charge in [-0.25, -0.2) is 4.99 Å². The van der Waals surface area contributed by atoms with Gasteiger partial charge >= 0.3 is 0 Å². The van der Waals surface area contributed by atoms with Crippen molar-refractivity contribution in [2.45, 2.75) is 32.8 Å². The molecule has 1 fully saturated rings. The molecule has 6 heteroatoms. The Morgan fingerprint density at radius 2 is 2.07 bits per heavy atom. The van der Waals surface area contributed by atoms with Gasteiger partial charge < -0.3 is 14.5 Å². The minimum Gasteiger partial charge on any atom is -0.438 e. The molecular formula is C23H23BrN2O3. The Kier molecular flexibility index (Phi) is 5.83. The average molecular weight is 455 g/mol. The minimum absolute atomic E-state index is 0.0740. The van der Waals surface area contributed by atoms with E-state index >= 15 is 0 Å². The highest BCUT2D eigenvalue weighted by atomic mass is 79.9. The standard InChI is InChI=1S/C23H23BrN2O3/c1-14-5-6-15(2)20(10-14)26-23-19(22(27)25-13-18-4-3-9-28-18)12-16-11-17(24)7-8-21(16)29-23/h5-8,10-12,18H,3-4,9,13H2,1-2H3,(H,25,27). The molecule has 1 aliphatic rings. The quantitative estimate of drug-likeness (QED) is 0.606. The van der Waals surface area contributed by atoms with Crippen LogP contribution in [0.3, 0.4) is 0 Å². The fourth-order valence-electron chi connectivity index (χ4n) is 3.40. The molecule has 1 aromatic heterocycles. The molecule has 2 heterocycles. The van der Waals surface area contributed by atoms with E-state index in [2.05, 4.69) is 21.2 Å². The van der Waals surface area contributed by atoms with E-state index in [0.717, 1.165) is 46.1 Å². The van der Waals surface area contributed by atoms with E-state index in [-0.39, 0.29) is 12.0 Å². The molecule has 4 rings (SSSR count). The van der Waals surface area contributed by atoms with Crippen LogP contribution >= 0.6 is 15.9 Å². The van der Waals surface area contributed by atoms with E-state index < -0.39 is 0 Å². The lowest BCUT2D eigenvalue weighted by atomic mass is 10.1. The third-order valence-corrected chi connectivity index (χ3v) is 5.55. The SMILES string of the molecule is Cc1ccc(C)c(N=c2oc3ccc(Br)cc3cc2C(=O)NCC2CCCO2)c1. The highest BCUT2D eigenvalue weighted by Crippen LogP contribution is 2.22. The topological polar surface area (TPSA) is 63.8 Å². The predicted octanol–water partition coefficient (Wildman–Crippen LogP) is 4.95. The van der Waals surface area contributed by atoms with Crippen LogP contribution in [0, 0.1) is 13.8 Å². The highest BCUT2D eigenvalue weighted by Gasteiger charge is 2.18. The number of rotatable bonds is 4. The third kappa shape index (κ3) is 4.60. The van der Waals surface area contributed by atoms with Crippen LogP contribution < -0.4 is 10.9 Å². The van der Waals surface area contributed by atoms with Crippen molar-refractivity contribution in [3.63, 3.8) is 0 Å². The van der Waals surface area contributed by atoms with Crippen LogP contribution in [0.25, 0.3) is 11.0 Å². The van der Waals surface area contributed by atoms with Crippen molar-refractivity contribution in [2.24, 2.45) is 4.99 Å². The summed E-state index contributed by atoms with van der Waals surface area (Å²) in [5.74, 6) is -0.213. The lowest BCUT2D eigenvalue weighted by Gasteiger charge is -2.11. The molecule has 5 nitrogen and oxygen atoms in total. The summed E-state index contributed by atoms with van der Waals surface area (Å²) in [6.07, 6.45) is 2.08. The number of nitrogens with one attached hydrogen (secondary N) is 1. The second-order valence-corrected chi connectivity index (χ2v) is 8.31. The van der Waals surface area contributed by atoms with E-state index in [4.69, 9.17) is 14.1 Å². The molecule has 1 unspecified atom stereocenters. The summed E-state index contributed by atoms with van der Waals surface area (Å²) in [7, 11) is 0. The van der Waals surface area contributed by atoms with Crippen molar-refractivity contribution in [1.29, 1.82) is 0 Å². The van der Waals surface area contributed by atoms with Crippen LogP contribution in [0.1, 0.15) is 34.3 Å². The Bertz CT molecular complexity index is 1130. The first-order valence-corrected chi connectivity index (χ1v) is 10.5. The molecule has 0 spiro atoms. The Labute approximate surface area is 177 Å². The van der Waals surface area contributed by atoms with Gasteiger partial charge in [0.1, 0.15) is 11.1 Å². The molecular weight excluding hydrogens is 432 g/mol. The largest absolute Gasteiger partial charge is 0.438 e. The zero-order valence-corrected chi connectivity index (χ0v) is 18.1. The molecule has 2 aromatic carbocycles. The monoisotopic (exact) mass is 454 g/mol. The molecule has 29 heavy (non-hydrogen) atoms. The molecule has 0 aliphatic carbocycles. The summed E-state index contributed by atoms with van der Waals surface area (Å²) in [5.41, 5.74) is 4.30. The highest BCUT2D eigenvalue weighted by molar-refractivity contribution is 9.10. The Morgan fingerprint density at radius 3 is 2.86 bits per heavy atom. The molecule has 3 aromatic rings. The molecule has 1 N–H and O–H groups in total. The number of hydrogen-bond donors (Lipinski definition) is 1.